The van der Waals surface area contributed by atoms with E-state index >= 15 is 0 Å². The second-order valence-corrected chi connectivity index (χ2v) is 3.95. The number of hydrogen-bond acceptors (Lipinski definition) is 1. The van der Waals surface area contributed by atoms with Gasteiger partial charge in [-0.05, 0) is 25.7 Å². The fraction of sp³-hybridized carbons (Fsp3) is 0.667. The van der Waals surface area contributed by atoms with Crippen molar-refractivity contribution in [2.24, 2.45) is 5.92 Å². The van der Waals surface area contributed by atoms with Crippen LogP contribution in [-0.4, -0.2) is 9.78 Å². The van der Waals surface area contributed by atoms with E-state index in [2.05, 4.69) is 5.10 Å². The third kappa shape index (κ3) is 1.93. The number of aromatic amines is 1. The van der Waals surface area contributed by atoms with Gasteiger partial charge < -0.3 is 0 Å². The van der Waals surface area contributed by atoms with Gasteiger partial charge >= 0.3 is 6.18 Å². The first-order valence-corrected chi connectivity index (χ1v) is 4.78. The van der Waals surface area contributed by atoms with Crippen LogP contribution in [0.5, 0.6) is 0 Å². The lowest BCUT2D eigenvalue weighted by molar-refractivity contribution is -0.141. The molecule has 6 heteroatoms. The van der Waals surface area contributed by atoms with E-state index in [0.29, 0.717) is 12.0 Å². The van der Waals surface area contributed by atoms with Crippen molar-refractivity contribution in [3.8, 4) is 0 Å². The van der Waals surface area contributed by atoms with Crippen LogP contribution >= 0.6 is 0 Å². The third-order valence-electron chi connectivity index (χ3n) is 2.76. The highest BCUT2D eigenvalue weighted by molar-refractivity contribution is 5.05. The quantitative estimate of drug-likeness (QED) is 0.814. The lowest BCUT2D eigenvalue weighted by Gasteiger charge is -2.11. The Morgan fingerprint density at radius 1 is 1.53 bits per heavy atom. The number of alkyl halides is 3. The molecule has 0 spiro atoms. The van der Waals surface area contributed by atoms with Gasteiger partial charge in [-0.15, -0.1) is 0 Å². The van der Waals surface area contributed by atoms with Crippen molar-refractivity contribution in [1.82, 2.24) is 9.78 Å². The lowest BCUT2D eigenvalue weighted by Crippen LogP contribution is -2.21. The molecule has 1 aromatic rings. The summed E-state index contributed by atoms with van der Waals surface area (Å²) in [6.07, 6.45) is -2.52. The summed E-state index contributed by atoms with van der Waals surface area (Å²) in [6.45, 7) is 1.76. The molecule has 1 aliphatic carbocycles. The maximum absolute atomic E-state index is 12.3. The average Bonchev–Trinajstić information content (AvgIpc) is 2.87. The number of nitrogens with zero attached hydrogens (tertiary/aromatic N) is 1. The third-order valence-corrected chi connectivity index (χ3v) is 2.76. The van der Waals surface area contributed by atoms with E-state index in [9.17, 15) is 18.0 Å². The molecule has 15 heavy (non-hydrogen) atoms. The predicted octanol–water partition coefficient (Wildman–Crippen LogP) is 2.17. The molecule has 1 N–H and O–H groups in total. The molecular formula is C9H11F3N2O. The molecule has 1 saturated carbocycles. The van der Waals surface area contributed by atoms with Gasteiger partial charge in [0.15, 0.2) is 0 Å². The molecule has 2 rings (SSSR count). The first-order chi connectivity index (χ1) is 6.89. The standard InChI is InChI=1S/C9H11F3N2O/c1-5(6-2-3-6)14-8(15)4-7(13-14)9(10,11)12/h4-6,13H,2-3H2,1H3. The van der Waals surface area contributed by atoms with Crippen molar-refractivity contribution in [3.05, 3.63) is 22.1 Å². The van der Waals surface area contributed by atoms with Crippen LogP contribution in [0, 0.1) is 5.92 Å². The molecule has 1 fully saturated rings. The van der Waals surface area contributed by atoms with E-state index in [0.717, 1.165) is 17.5 Å². The molecule has 1 aromatic heterocycles. The average molecular weight is 220 g/mol. The van der Waals surface area contributed by atoms with E-state index < -0.39 is 17.4 Å². The van der Waals surface area contributed by atoms with Crippen LogP contribution in [0.3, 0.4) is 0 Å². The van der Waals surface area contributed by atoms with Gasteiger partial charge in [-0.3, -0.25) is 9.89 Å². The minimum absolute atomic E-state index is 0.173. The smallest absolute Gasteiger partial charge is 0.291 e. The van der Waals surface area contributed by atoms with E-state index in [1.165, 1.54) is 0 Å². The molecular weight excluding hydrogens is 209 g/mol. The summed E-state index contributed by atoms with van der Waals surface area (Å²) < 4.78 is 37.9. The van der Waals surface area contributed by atoms with Crippen LogP contribution in [0.25, 0.3) is 0 Å². The summed E-state index contributed by atoms with van der Waals surface area (Å²) in [6, 6.07) is 0.437. The highest BCUT2D eigenvalue weighted by atomic mass is 19.4. The van der Waals surface area contributed by atoms with E-state index in [4.69, 9.17) is 0 Å². The lowest BCUT2D eigenvalue weighted by atomic mass is 10.2. The first-order valence-electron chi connectivity index (χ1n) is 4.78. The topological polar surface area (TPSA) is 37.8 Å². The van der Waals surface area contributed by atoms with Crippen LogP contribution in [0.1, 0.15) is 31.5 Å². The number of halogens is 3. The Morgan fingerprint density at radius 3 is 2.53 bits per heavy atom. The van der Waals surface area contributed by atoms with E-state index in [1.54, 1.807) is 6.92 Å². The van der Waals surface area contributed by atoms with Gasteiger partial charge in [0, 0.05) is 6.07 Å². The van der Waals surface area contributed by atoms with Gasteiger partial charge in [-0.25, -0.2) is 4.68 Å². The zero-order chi connectivity index (χ0) is 11.2. The van der Waals surface area contributed by atoms with Gasteiger partial charge in [0.05, 0.1) is 6.04 Å². The summed E-state index contributed by atoms with van der Waals surface area (Å²) in [4.78, 5) is 11.3. The highest BCUT2D eigenvalue weighted by Gasteiger charge is 2.36. The molecule has 0 aliphatic heterocycles. The number of rotatable bonds is 2. The molecule has 0 bridgehead atoms. The van der Waals surface area contributed by atoms with Gasteiger partial charge in [0.25, 0.3) is 5.56 Å². The predicted molar refractivity (Wildman–Crippen MR) is 47.5 cm³/mol. The molecule has 1 unspecified atom stereocenters. The second-order valence-electron chi connectivity index (χ2n) is 3.95. The fourth-order valence-electron chi connectivity index (χ4n) is 1.65. The van der Waals surface area contributed by atoms with Crippen molar-refractivity contribution in [2.45, 2.75) is 32.0 Å². The van der Waals surface area contributed by atoms with E-state index in [1.807, 2.05) is 0 Å². The summed E-state index contributed by atoms with van der Waals surface area (Å²) in [5.74, 6) is 0.336. The number of H-pyrrole nitrogens is 1. The summed E-state index contributed by atoms with van der Waals surface area (Å²) >= 11 is 0. The number of nitrogens with one attached hydrogen (secondary N) is 1. The second kappa shape index (κ2) is 3.15. The van der Waals surface area contributed by atoms with E-state index in [-0.39, 0.29) is 6.04 Å². The minimum Gasteiger partial charge on any atom is -0.291 e. The van der Waals surface area contributed by atoms with Gasteiger partial charge in [-0.1, -0.05) is 0 Å². The van der Waals surface area contributed by atoms with Crippen molar-refractivity contribution < 1.29 is 13.2 Å². The Balaban J connectivity index is 2.33. The van der Waals surface area contributed by atoms with Crippen LogP contribution < -0.4 is 5.56 Å². The summed E-state index contributed by atoms with van der Waals surface area (Å²) in [5, 5.41) is 2.12. The maximum Gasteiger partial charge on any atom is 0.432 e. The molecule has 1 heterocycles. The van der Waals surface area contributed by atoms with Crippen LogP contribution in [0.2, 0.25) is 0 Å². The van der Waals surface area contributed by atoms with Gasteiger partial charge in [-0.2, -0.15) is 13.2 Å². The molecule has 1 atom stereocenters. The number of hydrogen-bond donors (Lipinski definition) is 1. The molecule has 84 valence electrons. The van der Waals surface area contributed by atoms with Crippen molar-refractivity contribution in [1.29, 1.82) is 0 Å². The van der Waals surface area contributed by atoms with Gasteiger partial charge in [0.2, 0.25) is 0 Å². The molecule has 1 aliphatic rings. The Bertz CT molecular complexity index is 414. The van der Waals surface area contributed by atoms with Crippen LogP contribution in [0.15, 0.2) is 10.9 Å². The SMILES string of the molecule is CC(C1CC1)n1[nH]c(C(F)(F)F)cc1=O. The first kappa shape index (κ1) is 10.3. The monoisotopic (exact) mass is 220 g/mol. The van der Waals surface area contributed by atoms with Crippen molar-refractivity contribution >= 4 is 0 Å². The van der Waals surface area contributed by atoms with Crippen molar-refractivity contribution in [2.75, 3.05) is 0 Å². The van der Waals surface area contributed by atoms with Crippen LogP contribution in [0.4, 0.5) is 13.2 Å². The summed E-state index contributed by atoms with van der Waals surface area (Å²) in [7, 11) is 0. The highest BCUT2D eigenvalue weighted by Crippen LogP contribution is 2.38. The molecule has 0 radical (unpaired) electrons. The van der Waals surface area contributed by atoms with Gasteiger partial charge in [0.1, 0.15) is 5.69 Å². The Morgan fingerprint density at radius 2 is 2.13 bits per heavy atom. The Kier molecular flexibility index (Phi) is 2.17. The minimum atomic E-state index is -4.48. The number of aromatic nitrogens is 2. The zero-order valence-electron chi connectivity index (χ0n) is 8.14. The normalized spacial score (nSPS) is 19.2. The largest absolute Gasteiger partial charge is 0.432 e. The van der Waals surface area contributed by atoms with Crippen molar-refractivity contribution in [3.63, 3.8) is 0 Å². The fourth-order valence-corrected chi connectivity index (χ4v) is 1.65. The molecule has 3 nitrogen and oxygen atoms in total. The summed E-state index contributed by atoms with van der Waals surface area (Å²) in [5.41, 5.74) is -1.58. The Hall–Kier alpha value is -1.20. The molecule has 0 saturated heterocycles. The zero-order valence-corrected chi connectivity index (χ0v) is 8.14. The molecule has 0 amide bonds. The maximum atomic E-state index is 12.3. The van der Waals surface area contributed by atoms with Crippen LogP contribution in [-0.2, 0) is 6.18 Å². The molecule has 0 aromatic carbocycles. The Labute approximate surface area is 83.9 Å².